The zero-order valence-corrected chi connectivity index (χ0v) is 12.7. The topological polar surface area (TPSA) is 41.6 Å². The largest absolute Gasteiger partial charge is 0.383 e. The van der Waals surface area contributed by atoms with Gasteiger partial charge in [0.15, 0.2) is 0 Å². The van der Waals surface area contributed by atoms with Crippen molar-refractivity contribution in [2.24, 2.45) is 0 Å². The van der Waals surface area contributed by atoms with Gasteiger partial charge in [-0.2, -0.15) is 0 Å². The second-order valence-corrected chi connectivity index (χ2v) is 6.00. The van der Waals surface area contributed by atoms with Crippen LogP contribution in [-0.2, 0) is 9.53 Å². The predicted molar refractivity (Wildman–Crippen MR) is 82.0 cm³/mol. The molecule has 0 spiro atoms. The minimum atomic E-state index is 0.123. The van der Waals surface area contributed by atoms with E-state index in [0.717, 1.165) is 37.6 Å². The lowest BCUT2D eigenvalue weighted by molar-refractivity contribution is -0.119. The minimum absolute atomic E-state index is 0.123. The Morgan fingerprint density at radius 3 is 3.00 bits per heavy atom. The van der Waals surface area contributed by atoms with E-state index in [9.17, 15) is 4.79 Å². The van der Waals surface area contributed by atoms with Crippen LogP contribution in [0.15, 0.2) is 35.2 Å². The van der Waals surface area contributed by atoms with Crippen molar-refractivity contribution in [3.8, 4) is 0 Å². The molecular formula is C15H22N2O2S. The Labute approximate surface area is 124 Å². The number of ether oxygens (including phenoxy) is 1. The Bertz CT molecular complexity index is 414. The molecule has 1 aromatic rings. The van der Waals surface area contributed by atoms with Crippen molar-refractivity contribution in [3.63, 3.8) is 0 Å². The number of rotatable bonds is 7. The van der Waals surface area contributed by atoms with Gasteiger partial charge in [0.25, 0.3) is 0 Å². The van der Waals surface area contributed by atoms with Crippen LogP contribution in [0.3, 0.4) is 0 Å². The Kier molecular flexibility index (Phi) is 6.36. The van der Waals surface area contributed by atoms with Crippen molar-refractivity contribution in [3.05, 3.63) is 30.3 Å². The SMILES string of the molecule is COCCN1CCC(NC(=O)CSc2ccccc2)C1. The Hall–Kier alpha value is -1.04. The third kappa shape index (κ3) is 5.15. The van der Waals surface area contributed by atoms with Crippen LogP contribution in [0, 0.1) is 0 Å². The first-order chi connectivity index (χ1) is 9.78. The summed E-state index contributed by atoms with van der Waals surface area (Å²) >= 11 is 1.58. The lowest BCUT2D eigenvalue weighted by Crippen LogP contribution is -2.38. The van der Waals surface area contributed by atoms with Gasteiger partial charge in [-0.1, -0.05) is 18.2 Å². The van der Waals surface area contributed by atoms with Crippen molar-refractivity contribution < 1.29 is 9.53 Å². The lowest BCUT2D eigenvalue weighted by Gasteiger charge is -2.16. The maximum absolute atomic E-state index is 11.9. The van der Waals surface area contributed by atoms with Gasteiger partial charge in [-0.3, -0.25) is 9.69 Å². The van der Waals surface area contributed by atoms with Crippen LogP contribution in [0.2, 0.25) is 0 Å². The number of carbonyl (C=O) groups excluding carboxylic acids is 1. The zero-order chi connectivity index (χ0) is 14.2. The molecule has 1 aliphatic rings. The van der Waals surface area contributed by atoms with E-state index in [4.69, 9.17) is 4.74 Å². The van der Waals surface area contributed by atoms with Crippen molar-refractivity contribution in [2.75, 3.05) is 39.1 Å². The smallest absolute Gasteiger partial charge is 0.230 e. The molecule has 1 unspecified atom stereocenters. The van der Waals surface area contributed by atoms with E-state index in [2.05, 4.69) is 10.2 Å². The summed E-state index contributed by atoms with van der Waals surface area (Å²) in [5, 5.41) is 3.11. The Morgan fingerprint density at radius 2 is 2.25 bits per heavy atom. The van der Waals surface area contributed by atoms with Crippen LogP contribution >= 0.6 is 11.8 Å². The first kappa shape index (κ1) is 15.4. The molecule has 0 radical (unpaired) electrons. The molecule has 1 N–H and O–H groups in total. The molecule has 110 valence electrons. The molecule has 0 saturated carbocycles. The number of benzene rings is 1. The zero-order valence-electron chi connectivity index (χ0n) is 11.9. The van der Waals surface area contributed by atoms with Gasteiger partial charge in [0.05, 0.1) is 12.4 Å². The van der Waals surface area contributed by atoms with Crippen LogP contribution in [0.1, 0.15) is 6.42 Å². The second-order valence-electron chi connectivity index (χ2n) is 4.95. The van der Waals surface area contributed by atoms with Gasteiger partial charge in [-0.25, -0.2) is 0 Å². The van der Waals surface area contributed by atoms with Gasteiger partial charge in [0.1, 0.15) is 0 Å². The summed E-state index contributed by atoms with van der Waals surface area (Å²) in [6.07, 6.45) is 1.03. The van der Waals surface area contributed by atoms with Crippen molar-refractivity contribution >= 4 is 17.7 Å². The van der Waals surface area contributed by atoms with E-state index in [0.29, 0.717) is 5.75 Å². The quantitative estimate of drug-likeness (QED) is 0.776. The fourth-order valence-corrected chi connectivity index (χ4v) is 3.04. The standard InChI is InChI=1S/C15H22N2O2S/c1-19-10-9-17-8-7-13(11-17)16-15(18)12-20-14-5-3-2-4-6-14/h2-6,13H,7-12H2,1H3,(H,16,18). The summed E-state index contributed by atoms with van der Waals surface area (Å²) in [4.78, 5) is 15.4. The van der Waals surface area contributed by atoms with Crippen molar-refractivity contribution in [1.29, 1.82) is 0 Å². The monoisotopic (exact) mass is 294 g/mol. The van der Waals surface area contributed by atoms with Crippen LogP contribution < -0.4 is 5.32 Å². The van der Waals surface area contributed by atoms with Crippen molar-refractivity contribution in [2.45, 2.75) is 17.4 Å². The molecule has 1 heterocycles. The molecule has 2 rings (SSSR count). The number of amides is 1. The minimum Gasteiger partial charge on any atom is -0.383 e. The molecule has 0 aromatic heterocycles. The number of hydrogen-bond acceptors (Lipinski definition) is 4. The fraction of sp³-hybridized carbons (Fsp3) is 0.533. The average Bonchev–Trinajstić information content (AvgIpc) is 2.91. The maximum Gasteiger partial charge on any atom is 0.230 e. The lowest BCUT2D eigenvalue weighted by atomic mass is 10.2. The molecule has 0 bridgehead atoms. The van der Waals surface area contributed by atoms with Crippen LogP contribution in [-0.4, -0.2) is 56.0 Å². The maximum atomic E-state index is 11.9. The third-order valence-electron chi connectivity index (χ3n) is 3.36. The number of thioether (sulfide) groups is 1. The molecule has 1 atom stereocenters. The predicted octanol–water partition coefficient (Wildman–Crippen LogP) is 1.62. The van der Waals surface area contributed by atoms with E-state index < -0.39 is 0 Å². The van der Waals surface area contributed by atoms with Gasteiger partial charge in [0, 0.05) is 37.7 Å². The number of methoxy groups -OCH3 is 1. The fourth-order valence-electron chi connectivity index (χ4n) is 2.31. The van der Waals surface area contributed by atoms with Gasteiger partial charge >= 0.3 is 0 Å². The molecule has 4 nitrogen and oxygen atoms in total. The normalized spacial score (nSPS) is 19.1. The average molecular weight is 294 g/mol. The third-order valence-corrected chi connectivity index (χ3v) is 4.37. The highest BCUT2D eigenvalue weighted by Gasteiger charge is 2.23. The highest BCUT2D eigenvalue weighted by Crippen LogP contribution is 2.16. The molecule has 20 heavy (non-hydrogen) atoms. The summed E-state index contributed by atoms with van der Waals surface area (Å²) in [6.45, 7) is 3.68. The first-order valence-corrected chi connectivity index (χ1v) is 7.95. The number of nitrogens with zero attached hydrogens (tertiary/aromatic N) is 1. The highest BCUT2D eigenvalue weighted by molar-refractivity contribution is 8.00. The molecule has 1 fully saturated rings. The molecule has 1 aliphatic heterocycles. The summed E-state index contributed by atoms with van der Waals surface area (Å²) < 4.78 is 5.08. The van der Waals surface area contributed by atoms with E-state index in [1.54, 1.807) is 18.9 Å². The van der Waals surface area contributed by atoms with E-state index >= 15 is 0 Å². The molecule has 1 saturated heterocycles. The summed E-state index contributed by atoms with van der Waals surface area (Å²) in [7, 11) is 1.72. The summed E-state index contributed by atoms with van der Waals surface area (Å²) in [6, 6.07) is 10.3. The summed E-state index contributed by atoms with van der Waals surface area (Å²) in [5.41, 5.74) is 0. The van der Waals surface area contributed by atoms with Crippen LogP contribution in [0.4, 0.5) is 0 Å². The summed E-state index contributed by atoms with van der Waals surface area (Å²) in [5.74, 6) is 0.607. The van der Waals surface area contributed by atoms with E-state index in [1.165, 1.54) is 0 Å². The number of hydrogen-bond donors (Lipinski definition) is 1. The molecule has 1 amide bonds. The van der Waals surface area contributed by atoms with E-state index in [-0.39, 0.29) is 11.9 Å². The Balaban J connectivity index is 1.65. The van der Waals surface area contributed by atoms with Gasteiger partial charge < -0.3 is 10.1 Å². The number of likely N-dealkylation sites (tertiary alicyclic amines) is 1. The van der Waals surface area contributed by atoms with Crippen molar-refractivity contribution in [1.82, 2.24) is 10.2 Å². The Morgan fingerprint density at radius 1 is 1.45 bits per heavy atom. The first-order valence-electron chi connectivity index (χ1n) is 6.96. The number of carbonyl (C=O) groups is 1. The second kappa shape index (κ2) is 8.29. The van der Waals surface area contributed by atoms with Crippen LogP contribution in [0.25, 0.3) is 0 Å². The number of nitrogens with one attached hydrogen (secondary N) is 1. The highest BCUT2D eigenvalue weighted by atomic mass is 32.2. The molecular weight excluding hydrogens is 272 g/mol. The van der Waals surface area contributed by atoms with Gasteiger partial charge in [-0.15, -0.1) is 11.8 Å². The van der Waals surface area contributed by atoms with E-state index in [1.807, 2.05) is 30.3 Å². The molecule has 0 aliphatic carbocycles. The van der Waals surface area contributed by atoms with Gasteiger partial charge in [0.2, 0.25) is 5.91 Å². The van der Waals surface area contributed by atoms with Crippen LogP contribution in [0.5, 0.6) is 0 Å². The van der Waals surface area contributed by atoms with Gasteiger partial charge in [-0.05, 0) is 18.6 Å². The molecule has 1 aromatic carbocycles. The molecule has 5 heteroatoms.